The SMILES string of the molecule is CC/C=C(\CC)C(=O)N1CCOCC1. The van der Waals surface area contributed by atoms with E-state index in [1.54, 1.807) is 0 Å². The number of allylic oxidation sites excluding steroid dienone is 1. The van der Waals surface area contributed by atoms with Crippen molar-refractivity contribution in [1.29, 1.82) is 0 Å². The van der Waals surface area contributed by atoms with Crippen molar-refractivity contribution in [3.63, 3.8) is 0 Å². The number of amides is 1. The minimum Gasteiger partial charge on any atom is -0.378 e. The van der Waals surface area contributed by atoms with E-state index in [-0.39, 0.29) is 5.91 Å². The van der Waals surface area contributed by atoms with Crippen LogP contribution in [0.3, 0.4) is 0 Å². The maximum absolute atomic E-state index is 11.9. The van der Waals surface area contributed by atoms with Gasteiger partial charge in [0.25, 0.3) is 0 Å². The zero-order chi connectivity index (χ0) is 10.4. The van der Waals surface area contributed by atoms with E-state index >= 15 is 0 Å². The first-order valence-electron chi connectivity index (χ1n) is 5.35. The Kier molecular flexibility index (Phi) is 4.66. The maximum Gasteiger partial charge on any atom is 0.249 e. The first-order chi connectivity index (χ1) is 6.79. The van der Waals surface area contributed by atoms with Gasteiger partial charge >= 0.3 is 0 Å². The van der Waals surface area contributed by atoms with Crippen LogP contribution in [0.2, 0.25) is 0 Å². The maximum atomic E-state index is 11.9. The number of carbonyl (C=O) groups is 1. The lowest BCUT2D eigenvalue weighted by atomic mass is 10.1. The molecule has 0 spiro atoms. The molecule has 0 aromatic carbocycles. The number of hydrogen-bond donors (Lipinski definition) is 0. The van der Waals surface area contributed by atoms with Crippen LogP contribution in [0.4, 0.5) is 0 Å². The first-order valence-corrected chi connectivity index (χ1v) is 5.35. The molecule has 0 aromatic rings. The fourth-order valence-electron chi connectivity index (χ4n) is 1.60. The van der Waals surface area contributed by atoms with Crippen molar-refractivity contribution >= 4 is 5.91 Å². The molecular weight excluding hydrogens is 178 g/mol. The molecule has 1 saturated heterocycles. The van der Waals surface area contributed by atoms with Crippen LogP contribution in [-0.4, -0.2) is 37.1 Å². The molecule has 0 bridgehead atoms. The summed E-state index contributed by atoms with van der Waals surface area (Å²) in [5.74, 6) is 0.192. The van der Waals surface area contributed by atoms with E-state index in [1.165, 1.54) is 0 Å². The number of carbonyl (C=O) groups excluding carboxylic acids is 1. The van der Waals surface area contributed by atoms with Crippen molar-refractivity contribution in [3.8, 4) is 0 Å². The van der Waals surface area contributed by atoms with Gasteiger partial charge in [0.1, 0.15) is 0 Å². The van der Waals surface area contributed by atoms with Gasteiger partial charge in [-0.05, 0) is 12.8 Å². The lowest BCUT2D eigenvalue weighted by Gasteiger charge is -2.27. The van der Waals surface area contributed by atoms with Crippen LogP contribution in [-0.2, 0) is 9.53 Å². The second-order valence-electron chi connectivity index (χ2n) is 3.40. The van der Waals surface area contributed by atoms with E-state index in [9.17, 15) is 4.79 Å². The monoisotopic (exact) mass is 197 g/mol. The molecule has 14 heavy (non-hydrogen) atoms. The van der Waals surface area contributed by atoms with Crippen molar-refractivity contribution in [2.45, 2.75) is 26.7 Å². The summed E-state index contributed by atoms with van der Waals surface area (Å²) in [6.45, 7) is 6.91. The average molecular weight is 197 g/mol. The number of morpholine rings is 1. The molecule has 1 amide bonds. The van der Waals surface area contributed by atoms with Gasteiger partial charge < -0.3 is 9.64 Å². The average Bonchev–Trinajstić information content (AvgIpc) is 2.26. The van der Waals surface area contributed by atoms with Gasteiger partial charge in [0.15, 0.2) is 0 Å². The lowest BCUT2D eigenvalue weighted by molar-refractivity contribution is -0.131. The Morgan fingerprint density at radius 3 is 2.50 bits per heavy atom. The molecule has 1 rings (SSSR count). The van der Waals surface area contributed by atoms with Gasteiger partial charge in [-0.2, -0.15) is 0 Å². The smallest absolute Gasteiger partial charge is 0.249 e. The summed E-state index contributed by atoms with van der Waals surface area (Å²) < 4.78 is 5.21. The van der Waals surface area contributed by atoms with Crippen molar-refractivity contribution in [1.82, 2.24) is 4.90 Å². The third-order valence-corrected chi connectivity index (χ3v) is 2.40. The summed E-state index contributed by atoms with van der Waals surface area (Å²) in [4.78, 5) is 13.8. The van der Waals surface area contributed by atoms with Gasteiger partial charge in [-0.1, -0.05) is 19.9 Å². The molecule has 1 fully saturated rings. The van der Waals surface area contributed by atoms with E-state index in [2.05, 4.69) is 6.92 Å². The molecule has 3 nitrogen and oxygen atoms in total. The second kappa shape index (κ2) is 5.81. The minimum absolute atomic E-state index is 0.192. The van der Waals surface area contributed by atoms with Crippen molar-refractivity contribution in [2.75, 3.05) is 26.3 Å². The lowest BCUT2D eigenvalue weighted by Crippen LogP contribution is -2.41. The van der Waals surface area contributed by atoms with Crippen LogP contribution in [0.5, 0.6) is 0 Å². The zero-order valence-corrected chi connectivity index (χ0v) is 9.08. The predicted octanol–water partition coefficient (Wildman–Crippen LogP) is 1.59. The summed E-state index contributed by atoms with van der Waals surface area (Å²) in [6.07, 6.45) is 3.78. The Bertz CT molecular complexity index is 217. The summed E-state index contributed by atoms with van der Waals surface area (Å²) in [5.41, 5.74) is 0.939. The number of nitrogens with zero attached hydrogens (tertiary/aromatic N) is 1. The van der Waals surface area contributed by atoms with Gasteiger partial charge in [-0.3, -0.25) is 4.79 Å². The van der Waals surface area contributed by atoms with Gasteiger partial charge in [-0.15, -0.1) is 0 Å². The number of rotatable bonds is 3. The van der Waals surface area contributed by atoms with Gasteiger partial charge in [-0.25, -0.2) is 0 Å². The van der Waals surface area contributed by atoms with Crippen molar-refractivity contribution in [3.05, 3.63) is 11.6 Å². The molecule has 0 N–H and O–H groups in total. The molecular formula is C11H19NO2. The Labute approximate surface area is 85.7 Å². The highest BCUT2D eigenvalue weighted by Gasteiger charge is 2.18. The fourth-order valence-corrected chi connectivity index (χ4v) is 1.60. The van der Waals surface area contributed by atoms with Gasteiger partial charge in [0, 0.05) is 18.7 Å². The van der Waals surface area contributed by atoms with E-state index in [1.807, 2.05) is 17.9 Å². The molecule has 0 radical (unpaired) electrons. The zero-order valence-electron chi connectivity index (χ0n) is 9.08. The van der Waals surface area contributed by atoms with Crippen LogP contribution in [0, 0.1) is 0 Å². The van der Waals surface area contributed by atoms with E-state index in [0.29, 0.717) is 13.2 Å². The molecule has 1 aliphatic heterocycles. The van der Waals surface area contributed by atoms with Gasteiger partial charge in [0.2, 0.25) is 5.91 Å². The number of ether oxygens (including phenoxy) is 1. The highest BCUT2D eigenvalue weighted by Crippen LogP contribution is 2.09. The summed E-state index contributed by atoms with van der Waals surface area (Å²) in [7, 11) is 0. The Morgan fingerprint density at radius 1 is 1.36 bits per heavy atom. The molecule has 80 valence electrons. The Balaban J connectivity index is 2.57. The summed E-state index contributed by atoms with van der Waals surface area (Å²) >= 11 is 0. The molecule has 1 aliphatic rings. The third kappa shape index (κ3) is 2.84. The highest BCUT2D eigenvalue weighted by molar-refractivity contribution is 5.93. The summed E-state index contributed by atoms with van der Waals surface area (Å²) in [6, 6.07) is 0. The predicted molar refractivity (Wildman–Crippen MR) is 56.1 cm³/mol. The molecule has 0 saturated carbocycles. The van der Waals surface area contributed by atoms with Gasteiger partial charge in [0.05, 0.1) is 13.2 Å². The minimum atomic E-state index is 0.192. The Hall–Kier alpha value is -0.830. The van der Waals surface area contributed by atoms with Crippen LogP contribution in [0.25, 0.3) is 0 Å². The van der Waals surface area contributed by atoms with E-state index < -0.39 is 0 Å². The largest absolute Gasteiger partial charge is 0.378 e. The second-order valence-corrected chi connectivity index (χ2v) is 3.40. The molecule has 3 heteroatoms. The summed E-state index contributed by atoms with van der Waals surface area (Å²) in [5, 5.41) is 0. The molecule has 0 aromatic heterocycles. The molecule has 0 aliphatic carbocycles. The standard InChI is InChI=1S/C11H19NO2/c1-3-5-10(4-2)11(13)12-6-8-14-9-7-12/h5H,3-4,6-9H2,1-2H3/b10-5+. The van der Waals surface area contributed by atoms with Crippen LogP contribution < -0.4 is 0 Å². The Morgan fingerprint density at radius 2 is 2.00 bits per heavy atom. The van der Waals surface area contributed by atoms with Crippen LogP contribution in [0.1, 0.15) is 26.7 Å². The van der Waals surface area contributed by atoms with Crippen LogP contribution in [0.15, 0.2) is 11.6 Å². The topological polar surface area (TPSA) is 29.5 Å². The van der Waals surface area contributed by atoms with E-state index in [0.717, 1.165) is 31.5 Å². The van der Waals surface area contributed by atoms with Crippen molar-refractivity contribution < 1.29 is 9.53 Å². The molecule has 1 heterocycles. The van der Waals surface area contributed by atoms with Crippen LogP contribution >= 0.6 is 0 Å². The fraction of sp³-hybridized carbons (Fsp3) is 0.727. The van der Waals surface area contributed by atoms with Crippen molar-refractivity contribution in [2.24, 2.45) is 0 Å². The van der Waals surface area contributed by atoms with E-state index in [4.69, 9.17) is 4.74 Å². The third-order valence-electron chi connectivity index (χ3n) is 2.40. The molecule has 0 atom stereocenters. The number of hydrogen-bond acceptors (Lipinski definition) is 2. The molecule has 0 unspecified atom stereocenters. The highest BCUT2D eigenvalue weighted by atomic mass is 16.5. The quantitative estimate of drug-likeness (QED) is 0.643. The first kappa shape index (κ1) is 11.2. The normalized spacial score (nSPS) is 18.4.